The molecule has 2 heterocycles. The third-order valence-corrected chi connectivity index (χ3v) is 6.63. The van der Waals surface area contributed by atoms with E-state index >= 15 is 0 Å². The largest absolute Gasteiger partial charge is 0.259 e. The minimum atomic E-state index is -3.46. The summed E-state index contributed by atoms with van der Waals surface area (Å²) in [6, 6.07) is 19.3. The summed E-state index contributed by atoms with van der Waals surface area (Å²) in [5.74, 6) is 0. The maximum Gasteiger partial charge on any atom is 0.244 e. The fourth-order valence-corrected chi connectivity index (χ4v) is 5.06. The first kappa shape index (κ1) is 17.9. The molecule has 3 aromatic rings. The number of fused-ring (bicyclic) bond motifs is 1. The van der Waals surface area contributed by atoms with Crippen LogP contribution < -0.4 is 0 Å². The van der Waals surface area contributed by atoms with Crippen LogP contribution in [0.1, 0.15) is 32.0 Å². The van der Waals surface area contributed by atoms with Gasteiger partial charge in [0.2, 0.25) is 10.0 Å². The Labute approximate surface area is 160 Å². The van der Waals surface area contributed by atoms with E-state index in [0.29, 0.717) is 11.4 Å². The van der Waals surface area contributed by atoms with Gasteiger partial charge in [0, 0.05) is 6.54 Å². The fraction of sp³-hybridized carbons (Fsp3) is 0.286. The quantitative estimate of drug-likeness (QED) is 0.689. The molecule has 0 saturated heterocycles. The van der Waals surface area contributed by atoms with E-state index in [1.165, 1.54) is 4.31 Å². The molecule has 2 aromatic carbocycles. The van der Waals surface area contributed by atoms with Crippen LogP contribution in [0, 0.1) is 0 Å². The SMILES string of the molecule is CC(C)(C)n1nc(CN2Cc3ccccc3S2(=O)=O)cc1-c1ccccc1. The van der Waals surface area contributed by atoms with Crippen molar-refractivity contribution in [3.8, 4) is 11.3 Å². The molecule has 6 heteroatoms. The summed E-state index contributed by atoms with van der Waals surface area (Å²) in [4.78, 5) is 0.406. The van der Waals surface area contributed by atoms with Crippen LogP contribution in [0.25, 0.3) is 11.3 Å². The van der Waals surface area contributed by atoms with Crippen molar-refractivity contribution in [2.24, 2.45) is 0 Å². The highest BCUT2D eigenvalue weighted by molar-refractivity contribution is 7.89. The second kappa shape index (κ2) is 6.32. The lowest BCUT2D eigenvalue weighted by Gasteiger charge is -2.22. The van der Waals surface area contributed by atoms with E-state index in [1.54, 1.807) is 12.1 Å². The average molecular weight is 382 g/mol. The molecule has 27 heavy (non-hydrogen) atoms. The Kier molecular flexibility index (Phi) is 4.20. The van der Waals surface area contributed by atoms with Gasteiger partial charge in [0.1, 0.15) is 0 Å². The summed E-state index contributed by atoms with van der Waals surface area (Å²) in [5, 5.41) is 4.76. The fourth-order valence-electron chi connectivity index (χ4n) is 3.46. The van der Waals surface area contributed by atoms with Crippen molar-refractivity contribution < 1.29 is 8.42 Å². The average Bonchev–Trinajstić information content (AvgIpc) is 3.16. The van der Waals surface area contributed by atoms with Gasteiger partial charge in [-0.3, -0.25) is 4.68 Å². The summed E-state index contributed by atoms with van der Waals surface area (Å²) in [7, 11) is -3.46. The van der Waals surface area contributed by atoms with Crippen molar-refractivity contribution >= 4 is 10.0 Å². The van der Waals surface area contributed by atoms with Gasteiger partial charge in [-0.15, -0.1) is 0 Å². The van der Waals surface area contributed by atoms with Gasteiger partial charge in [-0.1, -0.05) is 48.5 Å². The Hall–Kier alpha value is -2.44. The predicted octanol–water partition coefficient (Wildman–Crippen LogP) is 4.01. The molecule has 4 rings (SSSR count). The Morgan fingerprint density at radius 2 is 1.67 bits per heavy atom. The van der Waals surface area contributed by atoms with Crippen LogP contribution in [-0.4, -0.2) is 22.5 Å². The maximum absolute atomic E-state index is 12.8. The van der Waals surface area contributed by atoms with E-state index in [9.17, 15) is 8.42 Å². The summed E-state index contributed by atoms with van der Waals surface area (Å²) >= 11 is 0. The van der Waals surface area contributed by atoms with Gasteiger partial charge in [-0.05, 0) is 44.0 Å². The van der Waals surface area contributed by atoms with Crippen LogP contribution in [0.5, 0.6) is 0 Å². The lowest BCUT2D eigenvalue weighted by atomic mass is 10.1. The molecular weight excluding hydrogens is 358 g/mol. The zero-order valence-corrected chi connectivity index (χ0v) is 16.6. The zero-order chi connectivity index (χ0) is 19.2. The van der Waals surface area contributed by atoms with Crippen LogP contribution >= 0.6 is 0 Å². The van der Waals surface area contributed by atoms with Crippen molar-refractivity contribution in [2.75, 3.05) is 0 Å². The van der Waals surface area contributed by atoms with Crippen molar-refractivity contribution in [1.82, 2.24) is 14.1 Å². The number of rotatable bonds is 3. The zero-order valence-electron chi connectivity index (χ0n) is 15.8. The molecule has 1 aromatic heterocycles. The Morgan fingerprint density at radius 1 is 1.00 bits per heavy atom. The summed E-state index contributed by atoms with van der Waals surface area (Å²) in [6.45, 7) is 6.94. The van der Waals surface area contributed by atoms with Crippen molar-refractivity contribution in [2.45, 2.75) is 44.3 Å². The van der Waals surface area contributed by atoms with E-state index in [0.717, 1.165) is 22.5 Å². The van der Waals surface area contributed by atoms with Crippen LogP contribution in [0.4, 0.5) is 0 Å². The molecule has 0 spiro atoms. The highest BCUT2D eigenvalue weighted by Gasteiger charge is 2.35. The Balaban J connectivity index is 1.71. The van der Waals surface area contributed by atoms with Crippen molar-refractivity contribution in [3.63, 3.8) is 0 Å². The lowest BCUT2D eigenvalue weighted by Crippen LogP contribution is -2.26. The second-order valence-electron chi connectivity index (χ2n) is 7.85. The molecule has 1 aliphatic heterocycles. The summed E-state index contributed by atoms with van der Waals surface area (Å²) in [6.07, 6.45) is 0. The number of aromatic nitrogens is 2. The third-order valence-electron chi connectivity index (χ3n) is 4.74. The van der Waals surface area contributed by atoms with Crippen LogP contribution in [0.15, 0.2) is 65.6 Å². The molecular formula is C21H23N3O2S. The lowest BCUT2D eigenvalue weighted by molar-refractivity contribution is 0.350. The van der Waals surface area contributed by atoms with Gasteiger partial charge in [-0.25, -0.2) is 8.42 Å². The number of benzene rings is 2. The molecule has 140 valence electrons. The normalized spacial score (nSPS) is 16.4. The monoisotopic (exact) mass is 381 g/mol. The van der Waals surface area contributed by atoms with Gasteiger partial charge >= 0.3 is 0 Å². The van der Waals surface area contributed by atoms with Gasteiger partial charge in [0.15, 0.2) is 0 Å². The van der Waals surface area contributed by atoms with Crippen molar-refractivity contribution in [1.29, 1.82) is 0 Å². The molecule has 0 saturated carbocycles. The Bertz CT molecular complexity index is 1080. The molecule has 0 bridgehead atoms. The van der Waals surface area contributed by atoms with E-state index in [4.69, 9.17) is 5.10 Å². The minimum absolute atomic E-state index is 0.212. The van der Waals surface area contributed by atoms with Crippen LogP contribution in [-0.2, 0) is 28.7 Å². The molecule has 1 aliphatic rings. The first-order chi connectivity index (χ1) is 12.8. The van der Waals surface area contributed by atoms with E-state index in [-0.39, 0.29) is 12.1 Å². The minimum Gasteiger partial charge on any atom is -0.259 e. The highest BCUT2D eigenvalue weighted by atomic mass is 32.2. The smallest absolute Gasteiger partial charge is 0.244 e. The highest BCUT2D eigenvalue weighted by Crippen LogP contribution is 2.32. The number of sulfonamides is 1. The van der Waals surface area contributed by atoms with Gasteiger partial charge in [0.05, 0.1) is 28.4 Å². The van der Waals surface area contributed by atoms with Gasteiger partial charge in [-0.2, -0.15) is 9.40 Å². The van der Waals surface area contributed by atoms with E-state index in [1.807, 2.05) is 53.2 Å². The molecule has 0 amide bonds. The molecule has 5 nitrogen and oxygen atoms in total. The number of hydrogen-bond acceptors (Lipinski definition) is 3. The van der Waals surface area contributed by atoms with Gasteiger partial charge in [0.25, 0.3) is 0 Å². The molecule has 0 radical (unpaired) electrons. The molecule has 0 aliphatic carbocycles. The molecule has 0 N–H and O–H groups in total. The standard InChI is InChI=1S/C21H23N3O2S/c1-21(2,3)24-19(16-9-5-4-6-10-16)13-18(22-24)15-23-14-17-11-7-8-12-20(17)27(23,25)26/h4-13H,14-15H2,1-3H3. The second-order valence-corrected chi connectivity index (χ2v) is 9.76. The summed E-state index contributed by atoms with van der Waals surface area (Å²) in [5.41, 5.74) is 3.44. The number of hydrogen-bond donors (Lipinski definition) is 0. The molecule has 0 unspecified atom stereocenters. The predicted molar refractivity (Wildman–Crippen MR) is 106 cm³/mol. The first-order valence-corrected chi connectivity index (χ1v) is 10.4. The van der Waals surface area contributed by atoms with Crippen molar-refractivity contribution in [3.05, 3.63) is 71.9 Å². The van der Waals surface area contributed by atoms with Crippen LogP contribution in [0.3, 0.4) is 0 Å². The topological polar surface area (TPSA) is 55.2 Å². The first-order valence-electron chi connectivity index (χ1n) is 9.00. The summed E-state index contributed by atoms with van der Waals surface area (Å²) < 4.78 is 29.2. The maximum atomic E-state index is 12.8. The van der Waals surface area contributed by atoms with Crippen LogP contribution in [0.2, 0.25) is 0 Å². The van der Waals surface area contributed by atoms with Gasteiger partial charge < -0.3 is 0 Å². The molecule has 0 fully saturated rings. The third kappa shape index (κ3) is 3.19. The molecule has 0 atom stereocenters. The van der Waals surface area contributed by atoms with E-state index in [2.05, 4.69) is 20.8 Å². The van der Waals surface area contributed by atoms with E-state index < -0.39 is 10.0 Å². The number of nitrogens with zero attached hydrogens (tertiary/aromatic N) is 3. The Morgan fingerprint density at radius 3 is 2.33 bits per heavy atom.